The number of nitrogens with one attached hydrogen (secondary N) is 6. The standard InChI is InChI=1S/C36H48N8O3/c1-26(19-31-23-39-25-42-31)35(46)43-33(20-30-9-6-8-29-7-4-5-10-32(29)30)36(47)41-22-28-13-11-27(12-14-28)21-40-34(45)24-44(17-15-37-2)18-16-38-3/h4-14,23,25-26,33,37-38H,15-22,24H2,1-3H3,(H,39,42)(H,40,45)(H,41,47)(H,43,46)/t26-,33-/m0/s1. The molecule has 1 heterocycles. The van der Waals surface area contributed by atoms with E-state index in [1.54, 1.807) is 12.5 Å². The zero-order valence-corrected chi connectivity index (χ0v) is 27.6. The Hall–Kier alpha value is -4.58. The summed E-state index contributed by atoms with van der Waals surface area (Å²) in [5, 5.41) is 17.4. The molecule has 11 heteroatoms. The van der Waals surface area contributed by atoms with Crippen LogP contribution in [0, 0.1) is 5.92 Å². The van der Waals surface area contributed by atoms with Crippen molar-refractivity contribution in [1.29, 1.82) is 0 Å². The molecule has 0 saturated heterocycles. The quantitative estimate of drug-likeness (QED) is 0.0922. The molecule has 250 valence electrons. The van der Waals surface area contributed by atoms with Gasteiger partial charge in [-0.3, -0.25) is 19.3 Å². The number of amides is 3. The highest BCUT2D eigenvalue weighted by molar-refractivity contribution is 5.90. The lowest BCUT2D eigenvalue weighted by Gasteiger charge is -2.22. The third kappa shape index (κ3) is 11.3. The molecule has 3 aromatic carbocycles. The number of hydrogen-bond acceptors (Lipinski definition) is 7. The van der Waals surface area contributed by atoms with E-state index in [-0.39, 0.29) is 23.6 Å². The number of aromatic nitrogens is 2. The van der Waals surface area contributed by atoms with Crippen LogP contribution in [0.15, 0.2) is 79.3 Å². The summed E-state index contributed by atoms with van der Waals surface area (Å²) in [6.45, 7) is 6.14. The minimum Gasteiger partial charge on any atom is -0.351 e. The number of rotatable bonds is 19. The van der Waals surface area contributed by atoms with E-state index in [2.05, 4.69) is 41.5 Å². The van der Waals surface area contributed by atoms with Gasteiger partial charge in [-0.05, 0) is 41.6 Å². The molecule has 0 radical (unpaired) electrons. The molecule has 0 aliphatic heterocycles. The van der Waals surface area contributed by atoms with Crippen molar-refractivity contribution in [2.45, 2.75) is 38.9 Å². The lowest BCUT2D eigenvalue weighted by Crippen LogP contribution is -2.49. The highest BCUT2D eigenvalue weighted by Gasteiger charge is 2.25. The molecular formula is C36H48N8O3. The average Bonchev–Trinajstić information content (AvgIpc) is 3.60. The fourth-order valence-corrected chi connectivity index (χ4v) is 5.39. The molecule has 3 amide bonds. The lowest BCUT2D eigenvalue weighted by atomic mass is 9.97. The Morgan fingerprint density at radius 2 is 1.47 bits per heavy atom. The van der Waals surface area contributed by atoms with E-state index in [0.717, 1.165) is 59.3 Å². The van der Waals surface area contributed by atoms with Crippen LogP contribution in [0.25, 0.3) is 10.8 Å². The van der Waals surface area contributed by atoms with Crippen LogP contribution in [0.4, 0.5) is 0 Å². The molecule has 0 fully saturated rings. The first kappa shape index (κ1) is 35.3. The molecule has 4 rings (SSSR count). The van der Waals surface area contributed by atoms with E-state index in [0.29, 0.717) is 32.5 Å². The number of carbonyl (C=O) groups excluding carboxylic acids is 3. The summed E-state index contributed by atoms with van der Waals surface area (Å²) in [6.07, 6.45) is 4.14. The van der Waals surface area contributed by atoms with Crippen molar-refractivity contribution in [3.8, 4) is 0 Å². The molecule has 6 N–H and O–H groups in total. The normalized spacial score (nSPS) is 12.5. The third-order valence-corrected chi connectivity index (χ3v) is 8.17. The lowest BCUT2D eigenvalue weighted by molar-refractivity contribution is -0.130. The van der Waals surface area contributed by atoms with Crippen molar-refractivity contribution in [3.63, 3.8) is 0 Å². The first-order chi connectivity index (χ1) is 22.9. The number of H-pyrrole nitrogens is 1. The summed E-state index contributed by atoms with van der Waals surface area (Å²) in [6, 6.07) is 21.1. The van der Waals surface area contributed by atoms with Gasteiger partial charge in [-0.25, -0.2) is 4.98 Å². The van der Waals surface area contributed by atoms with Crippen molar-refractivity contribution < 1.29 is 14.4 Å². The first-order valence-corrected chi connectivity index (χ1v) is 16.2. The van der Waals surface area contributed by atoms with E-state index in [4.69, 9.17) is 0 Å². The zero-order valence-electron chi connectivity index (χ0n) is 27.6. The first-order valence-electron chi connectivity index (χ1n) is 16.2. The Morgan fingerprint density at radius 3 is 2.13 bits per heavy atom. The Bertz CT molecular complexity index is 1550. The van der Waals surface area contributed by atoms with E-state index in [1.807, 2.05) is 87.7 Å². The van der Waals surface area contributed by atoms with Gasteiger partial charge in [0.05, 0.1) is 12.9 Å². The summed E-state index contributed by atoms with van der Waals surface area (Å²) in [7, 11) is 3.81. The fraction of sp³-hybridized carbons (Fsp3) is 0.389. The molecular weight excluding hydrogens is 592 g/mol. The van der Waals surface area contributed by atoms with Crippen molar-refractivity contribution in [2.75, 3.05) is 46.8 Å². The number of nitrogens with zero attached hydrogens (tertiary/aromatic N) is 2. The van der Waals surface area contributed by atoms with E-state index < -0.39 is 6.04 Å². The van der Waals surface area contributed by atoms with Gasteiger partial charge >= 0.3 is 0 Å². The van der Waals surface area contributed by atoms with Gasteiger partial charge in [0.2, 0.25) is 17.7 Å². The maximum absolute atomic E-state index is 13.6. The van der Waals surface area contributed by atoms with Crippen molar-refractivity contribution in [1.82, 2.24) is 41.5 Å². The minimum absolute atomic E-state index is 0.0216. The number of hydrogen-bond donors (Lipinski definition) is 6. The van der Waals surface area contributed by atoms with E-state index in [9.17, 15) is 14.4 Å². The predicted octanol–water partition coefficient (Wildman–Crippen LogP) is 2.14. The van der Waals surface area contributed by atoms with Crippen LogP contribution in [-0.4, -0.2) is 85.5 Å². The molecule has 47 heavy (non-hydrogen) atoms. The number of aromatic amines is 1. The highest BCUT2D eigenvalue weighted by atomic mass is 16.2. The van der Waals surface area contributed by atoms with Crippen LogP contribution in [0.2, 0.25) is 0 Å². The van der Waals surface area contributed by atoms with Crippen LogP contribution in [0.3, 0.4) is 0 Å². The molecule has 2 atom stereocenters. The largest absolute Gasteiger partial charge is 0.351 e. The van der Waals surface area contributed by atoms with Crippen molar-refractivity contribution in [3.05, 3.63) is 102 Å². The maximum Gasteiger partial charge on any atom is 0.243 e. The van der Waals surface area contributed by atoms with Gasteiger partial charge in [0.25, 0.3) is 0 Å². The molecule has 0 spiro atoms. The van der Waals surface area contributed by atoms with Crippen LogP contribution >= 0.6 is 0 Å². The fourth-order valence-electron chi connectivity index (χ4n) is 5.39. The SMILES string of the molecule is CNCCN(CCNC)CC(=O)NCc1ccc(CNC(=O)[C@H](Cc2cccc3ccccc23)NC(=O)[C@@H](C)Cc2cnc[nH]2)cc1. The van der Waals surface area contributed by atoms with E-state index in [1.165, 1.54) is 0 Å². The molecule has 0 unspecified atom stereocenters. The van der Waals surface area contributed by atoms with E-state index >= 15 is 0 Å². The van der Waals surface area contributed by atoms with Gasteiger partial charge in [-0.2, -0.15) is 0 Å². The summed E-state index contributed by atoms with van der Waals surface area (Å²) in [5.74, 6) is -0.821. The number of imidazole rings is 1. The summed E-state index contributed by atoms with van der Waals surface area (Å²) in [5.41, 5.74) is 3.74. The molecule has 0 saturated carbocycles. The topological polar surface area (TPSA) is 143 Å². The summed E-state index contributed by atoms with van der Waals surface area (Å²) in [4.78, 5) is 48.6. The minimum atomic E-state index is -0.757. The van der Waals surface area contributed by atoms with Gasteiger partial charge in [0.15, 0.2) is 0 Å². The Labute approximate surface area is 277 Å². The van der Waals surface area contributed by atoms with Gasteiger partial charge < -0.3 is 31.6 Å². The molecule has 0 aliphatic rings. The Morgan fingerprint density at radius 1 is 0.809 bits per heavy atom. The third-order valence-electron chi connectivity index (χ3n) is 8.17. The number of likely N-dealkylation sites (N-methyl/N-ethyl adjacent to an activating group) is 2. The van der Waals surface area contributed by atoms with Gasteiger partial charge in [0.1, 0.15) is 6.04 Å². The van der Waals surface area contributed by atoms with Gasteiger partial charge in [-0.1, -0.05) is 73.7 Å². The van der Waals surface area contributed by atoms with Crippen LogP contribution in [0.5, 0.6) is 0 Å². The second kappa shape index (κ2) is 18.5. The van der Waals surface area contributed by atoms with Gasteiger partial charge in [-0.15, -0.1) is 0 Å². The van der Waals surface area contributed by atoms with Crippen LogP contribution in [-0.2, 0) is 40.3 Å². The molecule has 4 aromatic rings. The maximum atomic E-state index is 13.6. The monoisotopic (exact) mass is 640 g/mol. The highest BCUT2D eigenvalue weighted by Crippen LogP contribution is 2.20. The number of fused-ring (bicyclic) bond motifs is 1. The second-order valence-electron chi connectivity index (χ2n) is 11.9. The summed E-state index contributed by atoms with van der Waals surface area (Å²) >= 11 is 0. The van der Waals surface area contributed by atoms with Crippen LogP contribution in [0.1, 0.15) is 29.3 Å². The summed E-state index contributed by atoms with van der Waals surface area (Å²) < 4.78 is 0. The van der Waals surface area contributed by atoms with Gasteiger partial charge in [0, 0.05) is 69.9 Å². The average molecular weight is 641 g/mol. The molecule has 1 aromatic heterocycles. The predicted molar refractivity (Wildman–Crippen MR) is 185 cm³/mol. The number of carbonyl (C=O) groups is 3. The van der Waals surface area contributed by atoms with Crippen molar-refractivity contribution in [2.24, 2.45) is 5.92 Å². The molecule has 0 aliphatic carbocycles. The zero-order chi connectivity index (χ0) is 33.4. The molecule has 0 bridgehead atoms. The van der Waals surface area contributed by atoms with Crippen molar-refractivity contribution >= 4 is 28.5 Å². The smallest absolute Gasteiger partial charge is 0.243 e. The second-order valence-corrected chi connectivity index (χ2v) is 11.9. The molecule has 11 nitrogen and oxygen atoms in total. The van der Waals surface area contributed by atoms with Crippen LogP contribution < -0.4 is 26.6 Å². The number of benzene rings is 3. The Balaban J connectivity index is 1.35. The Kier molecular flexibility index (Phi) is 13.9.